The zero-order valence-electron chi connectivity index (χ0n) is 10.5. The first kappa shape index (κ1) is 16.0. The van der Waals surface area contributed by atoms with Gasteiger partial charge in [-0.1, -0.05) is 11.8 Å². The number of halogens is 3. The number of hydrogen-bond acceptors (Lipinski definition) is 3. The van der Waals surface area contributed by atoms with Gasteiger partial charge >= 0.3 is 6.18 Å². The third kappa shape index (κ3) is 6.20. The lowest BCUT2D eigenvalue weighted by Crippen LogP contribution is -2.28. The predicted octanol–water partition coefficient (Wildman–Crippen LogP) is 1.50. The van der Waals surface area contributed by atoms with Crippen LogP contribution >= 0.6 is 0 Å². The van der Waals surface area contributed by atoms with E-state index in [2.05, 4.69) is 22.1 Å². The SMILES string of the molecule is O=C(NCCC(F)(F)F)c1cncc(C#CCCO)c1. The van der Waals surface area contributed by atoms with Crippen LogP contribution in [-0.4, -0.2) is 35.3 Å². The van der Waals surface area contributed by atoms with Gasteiger partial charge in [0.2, 0.25) is 0 Å². The van der Waals surface area contributed by atoms with Crippen molar-refractivity contribution in [3.05, 3.63) is 29.6 Å². The van der Waals surface area contributed by atoms with Crippen molar-refractivity contribution < 1.29 is 23.1 Å². The van der Waals surface area contributed by atoms with Crippen LogP contribution in [0.1, 0.15) is 28.8 Å². The van der Waals surface area contributed by atoms with Crippen LogP contribution in [0.3, 0.4) is 0 Å². The number of aromatic nitrogens is 1. The largest absolute Gasteiger partial charge is 0.395 e. The summed E-state index contributed by atoms with van der Waals surface area (Å²) in [6, 6.07) is 1.43. The minimum absolute atomic E-state index is 0.0714. The fourth-order valence-electron chi connectivity index (χ4n) is 1.27. The van der Waals surface area contributed by atoms with Crippen molar-refractivity contribution in [2.75, 3.05) is 13.2 Å². The Morgan fingerprint density at radius 3 is 2.80 bits per heavy atom. The van der Waals surface area contributed by atoms with E-state index in [-0.39, 0.29) is 12.2 Å². The molecule has 0 aromatic carbocycles. The molecule has 20 heavy (non-hydrogen) atoms. The molecule has 108 valence electrons. The summed E-state index contributed by atoms with van der Waals surface area (Å²) >= 11 is 0. The van der Waals surface area contributed by atoms with Gasteiger partial charge < -0.3 is 10.4 Å². The van der Waals surface area contributed by atoms with E-state index in [9.17, 15) is 18.0 Å². The number of carbonyl (C=O) groups is 1. The highest BCUT2D eigenvalue weighted by atomic mass is 19.4. The van der Waals surface area contributed by atoms with E-state index >= 15 is 0 Å². The Hall–Kier alpha value is -2.07. The molecule has 1 amide bonds. The summed E-state index contributed by atoms with van der Waals surface area (Å²) in [6.07, 6.45) is -2.41. The molecular formula is C13H13F3N2O2. The lowest BCUT2D eigenvalue weighted by Gasteiger charge is -2.07. The van der Waals surface area contributed by atoms with Crippen LogP contribution in [0.4, 0.5) is 13.2 Å². The Morgan fingerprint density at radius 1 is 1.40 bits per heavy atom. The van der Waals surface area contributed by atoms with Gasteiger partial charge in [-0.15, -0.1) is 0 Å². The summed E-state index contributed by atoms with van der Waals surface area (Å²) in [6.45, 7) is -0.555. The summed E-state index contributed by atoms with van der Waals surface area (Å²) in [5.41, 5.74) is 0.602. The summed E-state index contributed by atoms with van der Waals surface area (Å²) in [5, 5.41) is 10.7. The lowest BCUT2D eigenvalue weighted by molar-refractivity contribution is -0.132. The number of pyridine rings is 1. The standard InChI is InChI=1S/C13H13F3N2O2/c14-13(15,16)4-5-18-12(20)11-7-10(8-17-9-11)3-1-2-6-19/h7-9,19H,2,4-6H2,(H,18,20). The van der Waals surface area contributed by atoms with E-state index in [0.29, 0.717) is 12.0 Å². The first-order chi connectivity index (χ1) is 9.42. The molecule has 1 heterocycles. The molecule has 0 unspecified atom stereocenters. The summed E-state index contributed by atoms with van der Waals surface area (Å²) in [7, 11) is 0. The molecule has 1 aromatic rings. The minimum Gasteiger partial charge on any atom is -0.395 e. The smallest absolute Gasteiger partial charge is 0.390 e. The van der Waals surface area contributed by atoms with Crippen molar-refractivity contribution in [3.8, 4) is 11.8 Å². The molecule has 0 atom stereocenters. The van der Waals surface area contributed by atoms with Crippen LogP contribution < -0.4 is 5.32 Å². The Kier molecular flexibility index (Phi) is 6.00. The number of amides is 1. The number of rotatable bonds is 4. The molecule has 0 fully saturated rings. The van der Waals surface area contributed by atoms with Gasteiger partial charge in [-0.05, 0) is 6.07 Å². The van der Waals surface area contributed by atoms with Gasteiger partial charge in [0.1, 0.15) is 0 Å². The molecular weight excluding hydrogens is 273 g/mol. The van der Waals surface area contributed by atoms with Crippen molar-refractivity contribution in [2.24, 2.45) is 0 Å². The second-order valence-corrected chi connectivity index (χ2v) is 3.86. The first-order valence-corrected chi connectivity index (χ1v) is 5.82. The van der Waals surface area contributed by atoms with E-state index in [0.717, 1.165) is 0 Å². The van der Waals surface area contributed by atoms with Gasteiger partial charge in [0.25, 0.3) is 5.91 Å². The topological polar surface area (TPSA) is 62.2 Å². The van der Waals surface area contributed by atoms with Gasteiger partial charge in [0.05, 0.1) is 18.6 Å². The predicted molar refractivity (Wildman–Crippen MR) is 65.8 cm³/mol. The molecule has 0 aliphatic rings. The molecule has 0 saturated carbocycles. The van der Waals surface area contributed by atoms with Crippen molar-refractivity contribution in [3.63, 3.8) is 0 Å². The summed E-state index contributed by atoms with van der Waals surface area (Å²) < 4.78 is 35.8. The van der Waals surface area contributed by atoms with Crippen molar-refractivity contribution in [2.45, 2.75) is 19.0 Å². The lowest BCUT2D eigenvalue weighted by atomic mass is 10.2. The molecule has 0 saturated heterocycles. The fraction of sp³-hybridized carbons (Fsp3) is 0.385. The molecule has 2 N–H and O–H groups in total. The average molecular weight is 286 g/mol. The molecule has 0 bridgehead atoms. The Bertz CT molecular complexity index is 518. The number of hydrogen-bond donors (Lipinski definition) is 2. The van der Waals surface area contributed by atoms with Crippen LogP contribution in [0.15, 0.2) is 18.5 Å². The van der Waals surface area contributed by atoms with E-state index in [1.807, 2.05) is 0 Å². The number of alkyl halides is 3. The highest BCUT2D eigenvalue weighted by molar-refractivity contribution is 5.94. The number of nitrogens with zero attached hydrogens (tertiary/aromatic N) is 1. The molecule has 1 rings (SSSR count). The maximum absolute atomic E-state index is 11.9. The van der Waals surface area contributed by atoms with Crippen molar-refractivity contribution >= 4 is 5.91 Å². The Labute approximate surface area is 114 Å². The molecule has 7 heteroatoms. The number of nitrogens with one attached hydrogen (secondary N) is 1. The van der Waals surface area contributed by atoms with Gasteiger partial charge in [-0.2, -0.15) is 13.2 Å². The van der Waals surface area contributed by atoms with Gasteiger partial charge in [-0.25, -0.2) is 0 Å². The molecule has 0 radical (unpaired) electrons. The maximum Gasteiger partial charge on any atom is 0.390 e. The van der Waals surface area contributed by atoms with E-state index in [4.69, 9.17) is 5.11 Å². The monoisotopic (exact) mass is 286 g/mol. The Morgan fingerprint density at radius 2 is 2.15 bits per heavy atom. The zero-order chi connectivity index (χ0) is 15.0. The van der Waals surface area contributed by atoms with Gasteiger partial charge in [0, 0.05) is 30.9 Å². The van der Waals surface area contributed by atoms with Crippen LogP contribution in [0.2, 0.25) is 0 Å². The number of carbonyl (C=O) groups excluding carboxylic acids is 1. The number of aliphatic hydroxyl groups is 1. The average Bonchev–Trinajstić information content (AvgIpc) is 2.38. The third-order valence-corrected chi connectivity index (χ3v) is 2.16. The normalized spacial score (nSPS) is 10.6. The Balaban J connectivity index is 2.61. The highest BCUT2D eigenvalue weighted by Crippen LogP contribution is 2.18. The molecule has 4 nitrogen and oxygen atoms in total. The quantitative estimate of drug-likeness (QED) is 0.825. The summed E-state index contributed by atoms with van der Waals surface area (Å²) in [4.78, 5) is 15.4. The van der Waals surface area contributed by atoms with Crippen molar-refractivity contribution in [1.29, 1.82) is 0 Å². The van der Waals surface area contributed by atoms with Crippen LogP contribution in [-0.2, 0) is 0 Å². The van der Waals surface area contributed by atoms with Gasteiger partial charge in [-0.3, -0.25) is 9.78 Å². The zero-order valence-corrected chi connectivity index (χ0v) is 10.5. The van der Waals surface area contributed by atoms with Crippen molar-refractivity contribution in [1.82, 2.24) is 10.3 Å². The van der Waals surface area contributed by atoms with E-state index in [1.54, 1.807) is 0 Å². The minimum atomic E-state index is -4.30. The third-order valence-electron chi connectivity index (χ3n) is 2.16. The first-order valence-electron chi connectivity index (χ1n) is 5.82. The molecule has 1 aromatic heterocycles. The van der Waals surface area contributed by atoms with Crippen LogP contribution in [0, 0.1) is 11.8 Å². The fourth-order valence-corrected chi connectivity index (χ4v) is 1.27. The van der Waals surface area contributed by atoms with E-state index in [1.165, 1.54) is 18.5 Å². The molecule has 0 aliphatic carbocycles. The number of aliphatic hydroxyl groups excluding tert-OH is 1. The van der Waals surface area contributed by atoms with Crippen LogP contribution in [0.25, 0.3) is 0 Å². The maximum atomic E-state index is 11.9. The molecule has 0 aliphatic heterocycles. The van der Waals surface area contributed by atoms with Crippen LogP contribution in [0.5, 0.6) is 0 Å². The highest BCUT2D eigenvalue weighted by Gasteiger charge is 2.26. The molecule has 0 spiro atoms. The van der Waals surface area contributed by atoms with Gasteiger partial charge in [0.15, 0.2) is 0 Å². The van der Waals surface area contributed by atoms with E-state index < -0.39 is 25.0 Å². The second-order valence-electron chi connectivity index (χ2n) is 3.86. The second kappa shape index (κ2) is 7.50. The summed E-state index contributed by atoms with van der Waals surface area (Å²) in [5.74, 6) is 4.72.